The second-order valence-electron chi connectivity index (χ2n) is 8.11. The van der Waals surface area contributed by atoms with Gasteiger partial charge in [-0.15, -0.1) is 0 Å². The van der Waals surface area contributed by atoms with Gasteiger partial charge in [0.15, 0.2) is 0 Å². The van der Waals surface area contributed by atoms with Crippen molar-refractivity contribution in [1.29, 1.82) is 0 Å². The number of aromatic nitrogens is 1. The number of nitrogens with zero attached hydrogens (tertiary/aromatic N) is 3. The number of imide groups is 1. The number of para-hydroxylation sites is 1. The summed E-state index contributed by atoms with van der Waals surface area (Å²) >= 11 is 0. The van der Waals surface area contributed by atoms with Gasteiger partial charge in [-0.2, -0.15) is 0 Å². The lowest BCUT2D eigenvalue weighted by Crippen LogP contribution is -2.34. The van der Waals surface area contributed by atoms with Crippen molar-refractivity contribution < 1.29 is 9.59 Å². The van der Waals surface area contributed by atoms with Crippen molar-refractivity contribution in [2.24, 2.45) is 0 Å². The van der Waals surface area contributed by atoms with Gasteiger partial charge >= 0.3 is 0 Å². The number of anilines is 1. The first-order chi connectivity index (χ1) is 15.0. The summed E-state index contributed by atoms with van der Waals surface area (Å²) in [5, 5.41) is 0. The molecule has 2 amide bonds. The molecule has 0 aliphatic carbocycles. The molecule has 2 aliphatic rings. The Hall–Kier alpha value is -3.73. The highest BCUT2D eigenvalue weighted by molar-refractivity contribution is 6.36. The van der Waals surface area contributed by atoms with E-state index in [2.05, 4.69) is 11.1 Å². The maximum absolute atomic E-state index is 13.6. The molecule has 0 atom stereocenters. The Balaban J connectivity index is 1.64. The molecule has 31 heavy (non-hydrogen) atoms. The van der Waals surface area contributed by atoms with E-state index in [0.29, 0.717) is 17.8 Å². The van der Waals surface area contributed by atoms with E-state index in [1.807, 2.05) is 67.3 Å². The number of carbonyl (C=O) groups excluding carboxylic acids is 2. The van der Waals surface area contributed by atoms with Crippen molar-refractivity contribution in [3.05, 3.63) is 101 Å². The highest BCUT2D eigenvalue weighted by atomic mass is 16.2. The van der Waals surface area contributed by atoms with Crippen LogP contribution in [0, 0.1) is 13.8 Å². The minimum absolute atomic E-state index is 0.207. The molecule has 2 aromatic carbocycles. The van der Waals surface area contributed by atoms with Gasteiger partial charge in [-0.3, -0.25) is 19.5 Å². The van der Waals surface area contributed by atoms with Crippen molar-refractivity contribution in [3.63, 3.8) is 0 Å². The number of rotatable bonds is 4. The van der Waals surface area contributed by atoms with Crippen LogP contribution < -0.4 is 4.90 Å². The molecule has 5 heteroatoms. The lowest BCUT2D eigenvalue weighted by Gasteiger charge is -2.22. The predicted molar refractivity (Wildman–Crippen MR) is 120 cm³/mol. The number of aryl methyl sites for hydroxylation is 2. The highest BCUT2D eigenvalue weighted by Crippen LogP contribution is 2.39. The molecule has 0 N–H and O–H groups in total. The van der Waals surface area contributed by atoms with E-state index in [4.69, 9.17) is 0 Å². The molecule has 0 bridgehead atoms. The lowest BCUT2D eigenvalue weighted by molar-refractivity contribution is -0.137. The predicted octanol–water partition coefficient (Wildman–Crippen LogP) is 4.04. The largest absolute Gasteiger partial charge is 0.336 e. The van der Waals surface area contributed by atoms with Gasteiger partial charge in [-0.25, -0.2) is 0 Å². The summed E-state index contributed by atoms with van der Waals surface area (Å²) in [6, 6.07) is 17.7. The van der Waals surface area contributed by atoms with Crippen molar-refractivity contribution in [1.82, 2.24) is 9.88 Å². The zero-order valence-corrected chi connectivity index (χ0v) is 17.6. The van der Waals surface area contributed by atoms with E-state index in [-0.39, 0.29) is 18.4 Å². The van der Waals surface area contributed by atoms with Crippen LogP contribution in [-0.2, 0) is 22.6 Å². The first kappa shape index (κ1) is 19.2. The van der Waals surface area contributed by atoms with E-state index < -0.39 is 0 Å². The summed E-state index contributed by atoms with van der Waals surface area (Å²) in [4.78, 5) is 34.7. The van der Waals surface area contributed by atoms with Gasteiger partial charge in [-0.1, -0.05) is 42.5 Å². The van der Waals surface area contributed by atoms with E-state index in [1.54, 1.807) is 12.4 Å². The molecule has 0 saturated heterocycles. The molecule has 1 aromatic heterocycles. The second-order valence-corrected chi connectivity index (χ2v) is 8.11. The van der Waals surface area contributed by atoms with Crippen LogP contribution in [0.4, 0.5) is 5.69 Å². The summed E-state index contributed by atoms with van der Waals surface area (Å²) in [5.41, 5.74) is 7.01. The average molecular weight is 409 g/mol. The summed E-state index contributed by atoms with van der Waals surface area (Å²) in [5.74, 6) is -0.504. The van der Waals surface area contributed by atoms with Gasteiger partial charge in [0.2, 0.25) is 0 Å². The number of benzene rings is 2. The van der Waals surface area contributed by atoms with Crippen LogP contribution >= 0.6 is 0 Å². The highest BCUT2D eigenvalue weighted by Gasteiger charge is 2.43. The fourth-order valence-corrected chi connectivity index (χ4v) is 4.36. The third-order valence-corrected chi connectivity index (χ3v) is 6.16. The van der Waals surface area contributed by atoms with Gasteiger partial charge in [0.05, 0.1) is 12.1 Å². The van der Waals surface area contributed by atoms with E-state index in [1.165, 1.54) is 10.5 Å². The first-order valence-corrected chi connectivity index (χ1v) is 10.5. The summed E-state index contributed by atoms with van der Waals surface area (Å²) in [6.07, 6.45) is 4.23. The standard InChI is InChI=1S/C26H23N3O2/c1-17-9-10-21(14-18(17)2)23-24(28-13-11-20-7-3-4-8-22(20)28)26(31)29(25(23)30)16-19-6-5-12-27-15-19/h3-10,12,14-15H,11,13,16H2,1-2H3. The Morgan fingerprint density at radius 1 is 0.935 bits per heavy atom. The third-order valence-electron chi connectivity index (χ3n) is 6.16. The molecule has 2 aliphatic heterocycles. The molecule has 3 aromatic rings. The normalized spacial score (nSPS) is 15.8. The molecular weight excluding hydrogens is 386 g/mol. The fraction of sp³-hybridized carbons (Fsp3) is 0.192. The van der Waals surface area contributed by atoms with Crippen molar-refractivity contribution >= 4 is 23.1 Å². The van der Waals surface area contributed by atoms with Crippen LogP contribution in [0.1, 0.15) is 27.8 Å². The van der Waals surface area contributed by atoms with Gasteiger partial charge < -0.3 is 4.90 Å². The van der Waals surface area contributed by atoms with Crippen molar-refractivity contribution in [2.45, 2.75) is 26.8 Å². The molecule has 5 rings (SSSR count). The average Bonchev–Trinajstić information content (AvgIpc) is 3.30. The topological polar surface area (TPSA) is 53.5 Å². The first-order valence-electron chi connectivity index (χ1n) is 10.5. The van der Waals surface area contributed by atoms with Crippen molar-refractivity contribution in [3.8, 4) is 0 Å². The quantitative estimate of drug-likeness (QED) is 0.611. The monoisotopic (exact) mass is 409 g/mol. The molecule has 0 radical (unpaired) electrons. The van der Waals surface area contributed by atoms with Crippen LogP contribution in [0.5, 0.6) is 0 Å². The minimum atomic E-state index is -0.253. The van der Waals surface area contributed by atoms with Crippen LogP contribution in [0.3, 0.4) is 0 Å². The summed E-state index contributed by atoms with van der Waals surface area (Å²) < 4.78 is 0. The van der Waals surface area contributed by atoms with Gasteiger partial charge in [-0.05, 0) is 60.2 Å². The Kier molecular flexibility index (Phi) is 4.66. The Labute approximate surface area is 181 Å². The second kappa shape index (κ2) is 7.51. The minimum Gasteiger partial charge on any atom is -0.336 e. The summed E-state index contributed by atoms with van der Waals surface area (Å²) in [7, 11) is 0. The number of hydrogen-bond acceptors (Lipinski definition) is 4. The zero-order valence-electron chi connectivity index (χ0n) is 17.6. The van der Waals surface area contributed by atoms with E-state index >= 15 is 0 Å². The maximum Gasteiger partial charge on any atom is 0.278 e. The maximum atomic E-state index is 13.6. The molecule has 0 saturated carbocycles. The van der Waals surface area contributed by atoms with Gasteiger partial charge in [0.25, 0.3) is 11.8 Å². The Morgan fingerprint density at radius 3 is 2.55 bits per heavy atom. The number of hydrogen-bond donors (Lipinski definition) is 0. The van der Waals surface area contributed by atoms with Crippen LogP contribution in [0.15, 0.2) is 72.7 Å². The smallest absolute Gasteiger partial charge is 0.278 e. The number of amides is 2. The number of fused-ring (bicyclic) bond motifs is 1. The van der Waals surface area contributed by atoms with Gasteiger partial charge in [0.1, 0.15) is 5.70 Å². The molecule has 0 unspecified atom stereocenters. The van der Waals surface area contributed by atoms with Crippen LogP contribution in [-0.4, -0.2) is 28.2 Å². The Morgan fingerprint density at radius 2 is 1.77 bits per heavy atom. The molecule has 154 valence electrons. The van der Waals surface area contributed by atoms with E-state index in [0.717, 1.165) is 34.4 Å². The summed E-state index contributed by atoms with van der Waals surface area (Å²) in [6.45, 7) is 4.96. The molecule has 0 spiro atoms. The molecule has 3 heterocycles. The molecule has 0 fully saturated rings. The molecule has 5 nitrogen and oxygen atoms in total. The SMILES string of the molecule is Cc1ccc(C2=C(N3CCc4ccccc43)C(=O)N(Cc3cccnc3)C2=O)cc1C. The number of pyridine rings is 1. The Bertz CT molecular complexity index is 1230. The number of carbonyl (C=O) groups is 2. The van der Waals surface area contributed by atoms with Crippen LogP contribution in [0.25, 0.3) is 5.57 Å². The van der Waals surface area contributed by atoms with E-state index in [9.17, 15) is 9.59 Å². The van der Waals surface area contributed by atoms with Crippen molar-refractivity contribution in [2.75, 3.05) is 11.4 Å². The third kappa shape index (κ3) is 3.22. The fourth-order valence-electron chi connectivity index (χ4n) is 4.36. The van der Waals surface area contributed by atoms with Gasteiger partial charge in [0, 0.05) is 24.6 Å². The lowest BCUT2D eigenvalue weighted by atomic mass is 9.99. The zero-order chi connectivity index (χ0) is 21.5. The van der Waals surface area contributed by atoms with Crippen LogP contribution in [0.2, 0.25) is 0 Å². The molecular formula is C26H23N3O2.